The van der Waals surface area contributed by atoms with Crippen molar-refractivity contribution in [2.24, 2.45) is 0 Å². The molecular formula is C10H16N2OS. The first kappa shape index (κ1) is 10.3. The molecule has 1 aliphatic heterocycles. The van der Waals surface area contributed by atoms with E-state index < -0.39 is 0 Å². The average molecular weight is 212 g/mol. The fourth-order valence-corrected chi connectivity index (χ4v) is 2.48. The van der Waals surface area contributed by atoms with Gasteiger partial charge in [0, 0.05) is 11.8 Å². The van der Waals surface area contributed by atoms with Gasteiger partial charge in [0.1, 0.15) is 5.54 Å². The molecule has 14 heavy (non-hydrogen) atoms. The minimum absolute atomic E-state index is 0.346. The van der Waals surface area contributed by atoms with Crippen molar-refractivity contribution in [3.8, 4) is 6.07 Å². The van der Waals surface area contributed by atoms with E-state index in [1.54, 1.807) is 0 Å². The molecule has 1 atom stereocenters. The summed E-state index contributed by atoms with van der Waals surface area (Å²) in [5.41, 5.74) is -0.346. The third kappa shape index (κ3) is 2.63. The molecule has 0 aromatic carbocycles. The van der Waals surface area contributed by atoms with Gasteiger partial charge in [0.15, 0.2) is 0 Å². The number of rotatable bonds is 5. The van der Waals surface area contributed by atoms with Crippen molar-refractivity contribution in [3.05, 3.63) is 0 Å². The van der Waals surface area contributed by atoms with Crippen molar-refractivity contribution in [2.75, 3.05) is 19.0 Å². The van der Waals surface area contributed by atoms with E-state index in [2.05, 4.69) is 11.4 Å². The predicted octanol–water partition coefficient (Wildman–Crippen LogP) is 1.15. The Morgan fingerprint density at radius 3 is 2.71 bits per heavy atom. The topological polar surface area (TPSA) is 45.0 Å². The van der Waals surface area contributed by atoms with Crippen LogP contribution >= 0.6 is 11.8 Å². The maximum atomic E-state index is 9.11. The van der Waals surface area contributed by atoms with E-state index in [1.807, 2.05) is 18.7 Å². The highest BCUT2D eigenvalue weighted by molar-refractivity contribution is 8.00. The Hall–Kier alpha value is -0.240. The van der Waals surface area contributed by atoms with E-state index in [9.17, 15) is 0 Å². The van der Waals surface area contributed by atoms with Crippen LogP contribution in [0.3, 0.4) is 0 Å². The Morgan fingerprint density at radius 1 is 1.57 bits per heavy atom. The Balaban J connectivity index is 1.75. The van der Waals surface area contributed by atoms with Gasteiger partial charge < -0.3 is 4.74 Å². The van der Waals surface area contributed by atoms with Gasteiger partial charge in [-0.3, -0.25) is 5.32 Å². The molecule has 2 fully saturated rings. The first-order chi connectivity index (χ1) is 6.72. The summed E-state index contributed by atoms with van der Waals surface area (Å²) in [6.07, 6.45) is 2.46. The van der Waals surface area contributed by atoms with E-state index in [0.29, 0.717) is 11.3 Å². The van der Waals surface area contributed by atoms with Crippen LogP contribution in [0.1, 0.15) is 19.8 Å². The van der Waals surface area contributed by atoms with Crippen LogP contribution in [0.5, 0.6) is 0 Å². The summed E-state index contributed by atoms with van der Waals surface area (Å²) in [7, 11) is 0. The largest absolute Gasteiger partial charge is 0.379 e. The van der Waals surface area contributed by atoms with Gasteiger partial charge in [-0.25, -0.2) is 0 Å². The number of thioether (sulfide) groups is 1. The van der Waals surface area contributed by atoms with Crippen LogP contribution in [-0.2, 0) is 4.74 Å². The summed E-state index contributed by atoms with van der Waals surface area (Å²) >= 11 is 1.85. The zero-order chi connectivity index (χ0) is 10.0. The van der Waals surface area contributed by atoms with Gasteiger partial charge in [-0.15, -0.1) is 0 Å². The second-order valence-electron chi connectivity index (χ2n) is 4.33. The molecule has 0 aromatic heterocycles. The first-order valence-corrected chi connectivity index (χ1v) is 6.15. The zero-order valence-corrected chi connectivity index (χ0v) is 9.27. The maximum Gasteiger partial charge on any atom is 0.113 e. The standard InChI is InChI=1S/C10H16N2OS/c1-10(6-11,12-8-2-3-8)7-14-9-4-13-5-9/h8-9,12H,2-5,7H2,1H3. The smallest absolute Gasteiger partial charge is 0.113 e. The number of nitrogens with one attached hydrogen (secondary N) is 1. The summed E-state index contributed by atoms with van der Waals surface area (Å²) in [5, 5.41) is 13.1. The summed E-state index contributed by atoms with van der Waals surface area (Å²) < 4.78 is 5.10. The maximum absolute atomic E-state index is 9.11. The highest BCUT2D eigenvalue weighted by Crippen LogP contribution is 2.27. The number of nitriles is 1. The van der Waals surface area contributed by atoms with Gasteiger partial charge >= 0.3 is 0 Å². The van der Waals surface area contributed by atoms with Crippen molar-refractivity contribution in [1.82, 2.24) is 5.32 Å². The van der Waals surface area contributed by atoms with Crippen LogP contribution < -0.4 is 5.32 Å². The van der Waals surface area contributed by atoms with Crippen molar-refractivity contribution < 1.29 is 4.74 Å². The number of hydrogen-bond donors (Lipinski definition) is 1. The molecule has 0 bridgehead atoms. The molecule has 0 amide bonds. The van der Waals surface area contributed by atoms with E-state index in [-0.39, 0.29) is 5.54 Å². The summed E-state index contributed by atoms with van der Waals surface area (Å²) in [5.74, 6) is 0.869. The minimum atomic E-state index is -0.346. The monoisotopic (exact) mass is 212 g/mol. The van der Waals surface area contributed by atoms with Crippen LogP contribution in [-0.4, -0.2) is 35.8 Å². The Bertz CT molecular complexity index is 245. The molecule has 3 nitrogen and oxygen atoms in total. The second kappa shape index (κ2) is 4.09. The molecule has 1 heterocycles. The quantitative estimate of drug-likeness (QED) is 0.742. The average Bonchev–Trinajstić information content (AvgIpc) is 2.85. The SMILES string of the molecule is CC(C#N)(CSC1COC1)NC1CC1. The third-order valence-corrected chi connectivity index (χ3v) is 4.05. The molecule has 1 unspecified atom stereocenters. The van der Waals surface area contributed by atoms with Crippen molar-refractivity contribution in [1.29, 1.82) is 5.26 Å². The van der Waals surface area contributed by atoms with E-state index >= 15 is 0 Å². The Labute approximate surface area is 89.2 Å². The third-order valence-electron chi connectivity index (χ3n) is 2.56. The van der Waals surface area contributed by atoms with Gasteiger partial charge in [-0.2, -0.15) is 17.0 Å². The molecular weight excluding hydrogens is 196 g/mol. The highest BCUT2D eigenvalue weighted by Gasteiger charge is 2.33. The van der Waals surface area contributed by atoms with Crippen LogP contribution in [0.4, 0.5) is 0 Å². The number of ether oxygens (including phenoxy) is 1. The lowest BCUT2D eigenvalue weighted by Gasteiger charge is -2.29. The molecule has 1 N–H and O–H groups in total. The van der Waals surface area contributed by atoms with Crippen LogP contribution in [0.2, 0.25) is 0 Å². The van der Waals surface area contributed by atoms with Crippen LogP contribution in [0, 0.1) is 11.3 Å². The Morgan fingerprint density at radius 2 is 2.29 bits per heavy atom. The van der Waals surface area contributed by atoms with E-state index in [1.165, 1.54) is 12.8 Å². The number of nitrogens with zero attached hydrogens (tertiary/aromatic N) is 1. The molecule has 1 aliphatic carbocycles. The molecule has 0 radical (unpaired) electrons. The molecule has 1 saturated carbocycles. The van der Waals surface area contributed by atoms with Gasteiger partial charge in [-0.05, 0) is 19.8 Å². The van der Waals surface area contributed by atoms with Crippen molar-refractivity contribution in [3.63, 3.8) is 0 Å². The molecule has 0 spiro atoms. The highest BCUT2D eigenvalue weighted by atomic mass is 32.2. The fraction of sp³-hybridized carbons (Fsp3) is 0.900. The lowest BCUT2D eigenvalue weighted by atomic mass is 10.1. The minimum Gasteiger partial charge on any atom is -0.379 e. The molecule has 78 valence electrons. The molecule has 1 saturated heterocycles. The second-order valence-corrected chi connectivity index (χ2v) is 5.62. The lowest BCUT2D eigenvalue weighted by molar-refractivity contribution is 0.0454. The molecule has 4 heteroatoms. The Kier molecular flexibility index (Phi) is 3.01. The molecule has 0 aromatic rings. The van der Waals surface area contributed by atoms with Crippen molar-refractivity contribution >= 4 is 11.8 Å². The van der Waals surface area contributed by atoms with Gasteiger partial charge in [0.25, 0.3) is 0 Å². The van der Waals surface area contributed by atoms with E-state index in [4.69, 9.17) is 10.00 Å². The molecule has 2 rings (SSSR count). The van der Waals surface area contributed by atoms with E-state index in [0.717, 1.165) is 19.0 Å². The van der Waals surface area contributed by atoms with Crippen LogP contribution in [0.15, 0.2) is 0 Å². The lowest BCUT2D eigenvalue weighted by Crippen LogP contribution is -2.46. The zero-order valence-electron chi connectivity index (χ0n) is 8.45. The van der Waals surface area contributed by atoms with Gasteiger partial charge in [0.2, 0.25) is 0 Å². The summed E-state index contributed by atoms with van der Waals surface area (Å²) in [6, 6.07) is 2.98. The fourth-order valence-electron chi connectivity index (χ4n) is 1.38. The van der Waals surface area contributed by atoms with Crippen LogP contribution in [0.25, 0.3) is 0 Å². The molecule has 2 aliphatic rings. The van der Waals surface area contributed by atoms with Gasteiger partial charge in [-0.1, -0.05) is 0 Å². The predicted molar refractivity (Wildman–Crippen MR) is 57.2 cm³/mol. The van der Waals surface area contributed by atoms with Gasteiger partial charge in [0.05, 0.1) is 24.5 Å². The first-order valence-electron chi connectivity index (χ1n) is 5.10. The van der Waals surface area contributed by atoms with Crippen molar-refractivity contribution in [2.45, 2.75) is 36.6 Å². The normalized spacial score (nSPS) is 26.3. The summed E-state index contributed by atoms with van der Waals surface area (Å²) in [4.78, 5) is 0. The summed E-state index contributed by atoms with van der Waals surface area (Å²) in [6.45, 7) is 3.71. The number of hydrogen-bond acceptors (Lipinski definition) is 4.